The number of benzene rings is 1. The standard InChI is InChI=1S/C27H42F2N4O5S/c1-20-15-24(37-4)16-21(2)26(20)39(35,36)33-10-7-27(28,29)17-23(33)18-38-19-25(34)32-13-11-31(12-14-32)22-5-8-30(3)9-6-22/h15-16,22-23H,5-14,17-19H2,1-4H3. The lowest BCUT2D eigenvalue weighted by molar-refractivity contribution is -0.139. The van der Waals surface area contributed by atoms with Gasteiger partial charge in [0.15, 0.2) is 0 Å². The van der Waals surface area contributed by atoms with E-state index in [2.05, 4.69) is 16.8 Å². The molecule has 0 N–H and O–H groups in total. The molecule has 3 aliphatic heterocycles. The van der Waals surface area contributed by atoms with Crippen molar-refractivity contribution in [2.75, 3.05) is 73.2 Å². The molecule has 3 aliphatic rings. The number of amides is 1. The third kappa shape index (κ3) is 7.08. The van der Waals surface area contributed by atoms with Crippen LogP contribution in [0.1, 0.15) is 36.8 Å². The van der Waals surface area contributed by atoms with Crippen molar-refractivity contribution in [2.24, 2.45) is 0 Å². The normalized spacial score (nSPS) is 24.2. The van der Waals surface area contributed by atoms with Crippen LogP contribution >= 0.6 is 0 Å². The van der Waals surface area contributed by atoms with Crippen LogP contribution in [0.15, 0.2) is 17.0 Å². The molecule has 12 heteroatoms. The van der Waals surface area contributed by atoms with Crippen molar-refractivity contribution in [3.8, 4) is 5.75 Å². The van der Waals surface area contributed by atoms with Crippen molar-refractivity contribution < 1.29 is 31.5 Å². The molecule has 1 amide bonds. The van der Waals surface area contributed by atoms with Gasteiger partial charge in [-0.25, -0.2) is 17.2 Å². The maximum absolute atomic E-state index is 14.4. The summed E-state index contributed by atoms with van der Waals surface area (Å²) < 4.78 is 68.1. The highest BCUT2D eigenvalue weighted by Gasteiger charge is 2.46. The summed E-state index contributed by atoms with van der Waals surface area (Å²) in [7, 11) is -0.443. The monoisotopic (exact) mass is 572 g/mol. The molecular weight excluding hydrogens is 530 g/mol. The van der Waals surface area contributed by atoms with Crippen molar-refractivity contribution in [3.63, 3.8) is 0 Å². The first-order chi connectivity index (χ1) is 18.4. The van der Waals surface area contributed by atoms with Crippen LogP contribution in [-0.2, 0) is 19.6 Å². The Bertz CT molecular complexity index is 1100. The summed E-state index contributed by atoms with van der Waals surface area (Å²) in [6.45, 7) is 7.47. The van der Waals surface area contributed by atoms with Crippen LogP contribution in [0.3, 0.4) is 0 Å². The fourth-order valence-electron chi connectivity index (χ4n) is 6.09. The number of ether oxygens (including phenoxy) is 2. The fourth-order valence-corrected chi connectivity index (χ4v) is 8.11. The minimum Gasteiger partial charge on any atom is -0.497 e. The largest absolute Gasteiger partial charge is 0.497 e. The summed E-state index contributed by atoms with van der Waals surface area (Å²) in [4.78, 5) is 19.5. The maximum atomic E-state index is 14.4. The van der Waals surface area contributed by atoms with Crippen molar-refractivity contribution in [1.82, 2.24) is 19.0 Å². The molecule has 0 bridgehead atoms. The van der Waals surface area contributed by atoms with Crippen molar-refractivity contribution >= 4 is 15.9 Å². The number of methoxy groups -OCH3 is 1. The van der Waals surface area contributed by atoms with Gasteiger partial charge >= 0.3 is 0 Å². The van der Waals surface area contributed by atoms with Crippen LogP contribution < -0.4 is 4.74 Å². The second kappa shape index (κ2) is 12.3. The number of sulfonamides is 1. The number of hydrogen-bond donors (Lipinski definition) is 0. The van der Waals surface area contributed by atoms with Crippen molar-refractivity contribution in [1.29, 1.82) is 0 Å². The highest BCUT2D eigenvalue weighted by atomic mass is 32.2. The Hall–Kier alpha value is -1.86. The SMILES string of the molecule is COc1cc(C)c(S(=O)(=O)N2CCC(F)(F)CC2COCC(=O)N2CCN(C3CCN(C)CC3)CC2)c(C)c1. The zero-order chi connectivity index (χ0) is 28.4. The predicted octanol–water partition coefficient (Wildman–Crippen LogP) is 2.36. The Morgan fingerprint density at radius 2 is 1.64 bits per heavy atom. The molecule has 1 aromatic rings. The quantitative estimate of drug-likeness (QED) is 0.473. The van der Waals surface area contributed by atoms with E-state index in [0.717, 1.165) is 43.3 Å². The van der Waals surface area contributed by atoms with Crippen LogP contribution in [0.4, 0.5) is 8.78 Å². The Balaban J connectivity index is 1.35. The van der Waals surface area contributed by atoms with E-state index in [1.807, 2.05) is 0 Å². The highest BCUT2D eigenvalue weighted by Crippen LogP contribution is 2.37. The van der Waals surface area contributed by atoms with E-state index in [1.165, 1.54) is 7.11 Å². The molecule has 0 aliphatic carbocycles. The third-order valence-corrected chi connectivity index (χ3v) is 10.5. The van der Waals surface area contributed by atoms with E-state index < -0.39 is 34.8 Å². The fraction of sp³-hybridized carbons (Fsp3) is 0.741. The van der Waals surface area contributed by atoms with Crippen LogP contribution in [0.2, 0.25) is 0 Å². The molecule has 1 atom stereocenters. The summed E-state index contributed by atoms with van der Waals surface area (Å²) >= 11 is 0. The maximum Gasteiger partial charge on any atom is 0.251 e. The van der Waals surface area contributed by atoms with E-state index in [-0.39, 0.29) is 30.6 Å². The number of aryl methyl sites for hydroxylation is 2. The molecule has 3 saturated heterocycles. The first-order valence-corrected chi connectivity index (χ1v) is 15.2. The number of carbonyl (C=O) groups is 1. The smallest absolute Gasteiger partial charge is 0.251 e. The minimum absolute atomic E-state index is 0.0945. The molecule has 1 aromatic carbocycles. The number of piperidine rings is 2. The first-order valence-electron chi connectivity index (χ1n) is 13.7. The van der Waals surface area contributed by atoms with Crippen molar-refractivity contribution in [3.05, 3.63) is 23.3 Å². The predicted molar refractivity (Wildman–Crippen MR) is 144 cm³/mol. The summed E-state index contributed by atoms with van der Waals surface area (Å²) in [5, 5.41) is 0. The van der Waals surface area contributed by atoms with E-state index >= 15 is 0 Å². The Kier molecular flexibility index (Phi) is 9.52. The van der Waals surface area contributed by atoms with E-state index in [1.54, 1.807) is 30.9 Å². The molecule has 39 heavy (non-hydrogen) atoms. The van der Waals surface area contributed by atoms with Crippen molar-refractivity contribution in [2.45, 2.75) is 62.4 Å². The summed E-state index contributed by atoms with van der Waals surface area (Å²) in [5.74, 6) is -2.67. The number of likely N-dealkylation sites (tertiary alicyclic amines) is 1. The zero-order valence-corrected chi connectivity index (χ0v) is 24.3. The Morgan fingerprint density at radius 1 is 1.03 bits per heavy atom. The number of alkyl halides is 2. The number of hydrogen-bond acceptors (Lipinski definition) is 7. The van der Waals surface area contributed by atoms with Crippen LogP contribution in [0, 0.1) is 13.8 Å². The number of nitrogens with zero attached hydrogens (tertiary/aromatic N) is 4. The van der Waals surface area contributed by atoms with Gasteiger partial charge in [-0.05, 0) is 70.1 Å². The minimum atomic E-state index is -4.08. The zero-order valence-electron chi connectivity index (χ0n) is 23.5. The molecule has 1 unspecified atom stereocenters. The molecular formula is C27H42F2N4O5S. The van der Waals surface area contributed by atoms with Gasteiger partial charge in [0.25, 0.3) is 5.92 Å². The number of piperazine rings is 1. The molecule has 0 radical (unpaired) electrons. The van der Waals surface area contributed by atoms with Gasteiger partial charge in [-0.15, -0.1) is 0 Å². The number of carbonyl (C=O) groups excluding carboxylic acids is 1. The Morgan fingerprint density at radius 3 is 2.23 bits per heavy atom. The van der Waals surface area contributed by atoms with Gasteiger partial charge in [-0.1, -0.05) is 0 Å². The molecule has 3 heterocycles. The second-order valence-corrected chi connectivity index (χ2v) is 13.0. The highest BCUT2D eigenvalue weighted by molar-refractivity contribution is 7.89. The molecule has 4 rings (SSSR count). The average Bonchev–Trinajstić information content (AvgIpc) is 2.88. The number of rotatable bonds is 8. The van der Waals surface area contributed by atoms with E-state index in [0.29, 0.717) is 36.0 Å². The average molecular weight is 573 g/mol. The lowest BCUT2D eigenvalue weighted by atomic mass is 10.0. The van der Waals surface area contributed by atoms with Gasteiger partial charge in [-0.2, -0.15) is 4.31 Å². The second-order valence-electron chi connectivity index (χ2n) is 11.1. The lowest BCUT2D eigenvalue weighted by Gasteiger charge is -2.42. The van der Waals surface area contributed by atoms with Gasteiger partial charge in [-0.3, -0.25) is 9.69 Å². The van der Waals surface area contributed by atoms with E-state index in [9.17, 15) is 22.0 Å². The molecule has 3 fully saturated rings. The lowest BCUT2D eigenvalue weighted by Crippen LogP contribution is -2.55. The first kappa shape index (κ1) is 30.1. The molecule has 220 valence electrons. The Labute approximate surface area is 231 Å². The van der Waals surface area contributed by atoms with E-state index in [4.69, 9.17) is 9.47 Å². The van der Waals surface area contributed by atoms with Gasteiger partial charge in [0, 0.05) is 51.6 Å². The summed E-state index contributed by atoms with van der Waals surface area (Å²) in [5.41, 5.74) is 0.969. The van der Waals surface area contributed by atoms with Gasteiger partial charge in [0.2, 0.25) is 15.9 Å². The summed E-state index contributed by atoms with van der Waals surface area (Å²) in [6.07, 6.45) is 1.06. The molecule has 0 spiro atoms. The third-order valence-electron chi connectivity index (χ3n) is 8.28. The molecule has 0 saturated carbocycles. The van der Waals surface area contributed by atoms with Crippen LogP contribution in [0.25, 0.3) is 0 Å². The van der Waals surface area contributed by atoms with Gasteiger partial charge < -0.3 is 19.3 Å². The van der Waals surface area contributed by atoms with Crippen LogP contribution in [0.5, 0.6) is 5.75 Å². The van der Waals surface area contributed by atoms with Crippen LogP contribution in [-0.4, -0.2) is 125 Å². The number of halogens is 2. The van der Waals surface area contributed by atoms with Gasteiger partial charge in [0.1, 0.15) is 12.4 Å². The molecule has 0 aromatic heterocycles. The van der Waals surface area contributed by atoms with Gasteiger partial charge in [0.05, 0.1) is 24.7 Å². The summed E-state index contributed by atoms with van der Waals surface area (Å²) in [6, 6.07) is 2.71. The topological polar surface area (TPSA) is 82.6 Å². The molecule has 9 nitrogen and oxygen atoms in total.